The van der Waals surface area contributed by atoms with Crippen LogP contribution in [0.1, 0.15) is 0 Å². The van der Waals surface area contributed by atoms with Gasteiger partial charge >= 0.3 is 0 Å². The monoisotopic (exact) mass is 556 g/mol. The molecule has 6 aromatic carbocycles. The van der Waals surface area contributed by atoms with Crippen LogP contribution in [-0.4, -0.2) is 6.71 Å². The van der Waals surface area contributed by atoms with Crippen LogP contribution in [0.25, 0.3) is 0 Å². The summed E-state index contributed by atoms with van der Waals surface area (Å²) in [6.45, 7) is 0.0281. The zero-order valence-electron chi connectivity index (χ0n) is 22.3. The molecule has 0 N–H and O–H groups in total. The Kier molecular flexibility index (Phi) is 4.44. The third-order valence-corrected chi connectivity index (χ3v) is 9.80. The molecular formula is C36H21BN2O2S. The van der Waals surface area contributed by atoms with Gasteiger partial charge in [-0.25, -0.2) is 0 Å². The first-order valence-corrected chi connectivity index (χ1v) is 15.0. The summed E-state index contributed by atoms with van der Waals surface area (Å²) in [5, 5.41) is 0. The van der Waals surface area contributed by atoms with Crippen LogP contribution in [0.15, 0.2) is 137 Å². The molecule has 0 spiro atoms. The van der Waals surface area contributed by atoms with Gasteiger partial charge in [-0.2, -0.15) is 0 Å². The fourth-order valence-electron chi connectivity index (χ4n) is 7.02. The minimum atomic E-state index is 0.0281. The van der Waals surface area contributed by atoms with E-state index in [1.54, 1.807) is 0 Å². The summed E-state index contributed by atoms with van der Waals surface area (Å²) in [5.74, 6) is 3.51. The Balaban J connectivity index is 1.30. The van der Waals surface area contributed by atoms with Crippen LogP contribution >= 0.6 is 11.8 Å². The highest BCUT2D eigenvalue weighted by Gasteiger charge is 2.47. The predicted octanol–water partition coefficient (Wildman–Crippen LogP) is 8.13. The first-order chi connectivity index (χ1) is 20.8. The van der Waals surface area contributed by atoms with Gasteiger partial charge in [-0.1, -0.05) is 66.4 Å². The van der Waals surface area contributed by atoms with Gasteiger partial charge in [0.2, 0.25) is 0 Å². The number of ether oxygens (including phenoxy) is 2. The maximum absolute atomic E-state index is 6.80. The van der Waals surface area contributed by atoms with E-state index in [1.807, 2.05) is 17.8 Å². The number of benzene rings is 6. The Morgan fingerprint density at radius 3 is 1.71 bits per heavy atom. The Morgan fingerprint density at radius 2 is 0.976 bits per heavy atom. The first kappa shape index (κ1) is 22.6. The smallest absolute Gasteiger partial charge is 0.266 e. The third kappa shape index (κ3) is 2.94. The molecule has 0 amide bonds. The molecule has 42 heavy (non-hydrogen) atoms. The van der Waals surface area contributed by atoms with Crippen molar-refractivity contribution in [3.63, 3.8) is 0 Å². The number of fused-ring (bicyclic) bond motifs is 2. The number of hydrogen-bond donors (Lipinski definition) is 0. The molecule has 4 aliphatic rings. The fourth-order valence-corrected chi connectivity index (χ4v) is 8.08. The minimum absolute atomic E-state index is 0.0281. The molecule has 4 aliphatic heterocycles. The van der Waals surface area contributed by atoms with E-state index in [2.05, 4.69) is 131 Å². The van der Waals surface area contributed by atoms with Gasteiger partial charge in [0.05, 0.1) is 17.1 Å². The highest BCUT2D eigenvalue weighted by Crippen LogP contribution is 2.53. The Morgan fingerprint density at radius 1 is 0.429 bits per heavy atom. The van der Waals surface area contributed by atoms with Gasteiger partial charge in [-0.15, -0.1) is 0 Å². The molecule has 196 valence electrons. The normalized spacial score (nSPS) is 14.3. The second-order valence-electron chi connectivity index (χ2n) is 10.9. The summed E-state index contributed by atoms with van der Waals surface area (Å²) in [4.78, 5) is 7.22. The number of para-hydroxylation sites is 3. The SMILES string of the molecule is c1ccc(N2c3cccc4c3B3c5c(cccc5Oc5cc(N6c7ccccc7Sc7ccccc76)cc2c53)O4)cc1. The van der Waals surface area contributed by atoms with Crippen LogP contribution in [-0.2, 0) is 0 Å². The van der Waals surface area contributed by atoms with Gasteiger partial charge < -0.3 is 19.3 Å². The van der Waals surface area contributed by atoms with Crippen molar-refractivity contribution in [2.45, 2.75) is 9.79 Å². The maximum Gasteiger partial charge on any atom is 0.266 e. The average molecular weight is 556 g/mol. The summed E-state index contributed by atoms with van der Waals surface area (Å²) in [6.07, 6.45) is 0. The topological polar surface area (TPSA) is 24.9 Å². The van der Waals surface area contributed by atoms with Crippen molar-refractivity contribution in [2.24, 2.45) is 0 Å². The second kappa shape index (κ2) is 8.24. The van der Waals surface area contributed by atoms with Gasteiger partial charge in [0.1, 0.15) is 23.0 Å². The number of hydrogen-bond acceptors (Lipinski definition) is 5. The molecule has 0 radical (unpaired) electrons. The lowest BCUT2D eigenvalue weighted by atomic mass is 9.33. The molecule has 10 rings (SSSR count). The average Bonchev–Trinajstić information content (AvgIpc) is 3.04. The van der Waals surface area contributed by atoms with E-state index in [0.29, 0.717) is 0 Å². The van der Waals surface area contributed by atoms with Crippen LogP contribution < -0.4 is 35.7 Å². The highest BCUT2D eigenvalue weighted by atomic mass is 32.2. The van der Waals surface area contributed by atoms with E-state index < -0.39 is 0 Å². The van der Waals surface area contributed by atoms with Crippen molar-refractivity contribution < 1.29 is 9.47 Å². The van der Waals surface area contributed by atoms with Gasteiger partial charge in [-0.05, 0) is 77.7 Å². The Bertz CT molecular complexity index is 2070. The highest BCUT2D eigenvalue weighted by molar-refractivity contribution is 7.99. The molecule has 6 heteroatoms. The van der Waals surface area contributed by atoms with Gasteiger partial charge in [0.15, 0.2) is 0 Å². The molecular weight excluding hydrogens is 535 g/mol. The van der Waals surface area contributed by atoms with Crippen molar-refractivity contribution in [3.05, 3.63) is 127 Å². The van der Waals surface area contributed by atoms with Crippen LogP contribution in [0.3, 0.4) is 0 Å². The molecule has 0 unspecified atom stereocenters. The minimum Gasteiger partial charge on any atom is -0.458 e. The first-order valence-electron chi connectivity index (χ1n) is 14.1. The largest absolute Gasteiger partial charge is 0.458 e. The van der Waals surface area contributed by atoms with Crippen molar-refractivity contribution in [3.8, 4) is 23.0 Å². The summed E-state index contributed by atoms with van der Waals surface area (Å²) < 4.78 is 13.3. The third-order valence-electron chi connectivity index (χ3n) is 8.67. The van der Waals surface area contributed by atoms with Crippen molar-refractivity contribution in [1.82, 2.24) is 0 Å². The van der Waals surface area contributed by atoms with E-state index in [9.17, 15) is 0 Å². The summed E-state index contributed by atoms with van der Waals surface area (Å²) in [7, 11) is 0. The lowest BCUT2D eigenvalue weighted by Gasteiger charge is -2.43. The van der Waals surface area contributed by atoms with Crippen molar-refractivity contribution in [1.29, 1.82) is 0 Å². The predicted molar refractivity (Wildman–Crippen MR) is 171 cm³/mol. The second-order valence-corrected chi connectivity index (χ2v) is 12.0. The van der Waals surface area contributed by atoms with Crippen molar-refractivity contribution >= 4 is 69.0 Å². The summed E-state index contributed by atoms with van der Waals surface area (Å²) in [5.41, 5.74) is 10.2. The Labute approximate surface area is 247 Å². The molecule has 4 nitrogen and oxygen atoms in total. The van der Waals surface area contributed by atoms with Crippen LogP contribution in [0, 0.1) is 0 Å². The lowest BCUT2D eigenvalue weighted by Crippen LogP contribution is -2.61. The van der Waals surface area contributed by atoms with Gasteiger partial charge in [0.25, 0.3) is 6.71 Å². The number of rotatable bonds is 2. The van der Waals surface area contributed by atoms with Crippen LogP contribution in [0.4, 0.5) is 34.1 Å². The number of anilines is 6. The molecule has 0 bridgehead atoms. The number of nitrogens with zero attached hydrogens (tertiary/aromatic N) is 2. The van der Waals surface area contributed by atoms with Gasteiger partial charge in [0, 0.05) is 38.4 Å². The zero-order chi connectivity index (χ0) is 27.4. The molecule has 6 aromatic rings. The van der Waals surface area contributed by atoms with E-state index in [1.165, 1.54) is 32.1 Å². The molecule has 0 aliphatic carbocycles. The van der Waals surface area contributed by atoms with Crippen LogP contribution in [0.2, 0.25) is 0 Å². The molecule has 0 saturated heterocycles. The molecule has 0 fully saturated rings. The molecule has 4 heterocycles. The quantitative estimate of drug-likeness (QED) is 0.200. The maximum atomic E-state index is 6.80. The summed E-state index contributed by atoms with van der Waals surface area (Å²) >= 11 is 1.82. The van der Waals surface area contributed by atoms with E-state index in [-0.39, 0.29) is 6.71 Å². The molecule has 0 atom stereocenters. The van der Waals surface area contributed by atoms with E-state index >= 15 is 0 Å². The zero-order valence-corrected chi connectivity index (χ0v) is 23.1. The van der Waals surface area contributed by atoms with Crippen LogP contribution in [0.5, 0.6) is 23.0 Å². The van der Waals surface area contributed by atoms with E-state index in [0.717, 1.165) is 51.2 Å². The summed E-state index contributed by atoms with van der Waals surface area (Å²) in [6, 6.07) is 45.0. The Hall–Kier alpha value is -5.07. The standard InChI is InChI=1S/C36H21BN2O2S/c1-2-10-22(11-3-1)38-26-14-8-15-28-34(26)37-35-27(38)20-23(21-31(35)41-30-17-9-16-29(40-28)36(30)37)39-24-12-4-6-18-32(24)42-33-19-7-5-13-25(33)39/h1-21H. The van der Waals surface area contributed by atoms with Crippen molar-refractivity contribution in [2.75, 3.05) is 9.80 Å². The van der Waals surface area contributed by atoms with Gasteiger partial charge in [-0.3, -0.25) is 0 Å². The molecule has 0 aromatic heterocycles. The lowest BCUT2D eigenvalue weighted by molar-refractivity contribution is 0.464. The molecule has 0 saturated carbocycles. The van der Waals surface area contributed by atoms with E-state index in [4.69, 9.17) is 9.47 Å². The fraction of sp³-hybridized carbons (Fsp3) is 0.